The van der Waals surface area contributed by atoms with E-state index in [9.17, 15) is 14.9 Å². The van der Waals surface area contributed by atoms with Crippen molar-refractivity contribution in [3.05, 3.63) is 64.2 Å². The summed E-state index contributed by atoms with van der Waals surface area (Å²) in [5.74, 6) is -0.267. The molecule has 1 aromatic carbocycles. The number of nitro benzene ring substituents is 1. The predicted octanol–water partition coefficient (Wildman–Crippen LogP) is 1.36. The van der Waals surface area contributed by atoms with E-state index in [0.717, 1.165) is 5.56 Å². The van der Waals surface area contributed by atoms with Crippen LogP contribution in [0.25, 0.3) is 0 Å². The number of rotatable bonds is 5. The highest BCUT2D eigenvalue weighted by Crippen LogP contribution is 2.11. The van der Waals surface area contributed by atoms with Crippen LogP contribution in [0, 0.1) is 10.1 Å². The summed E-state index contributed by atoms with van der Waals surface area (Å²) >= 11 is 0. The van der Waals surface area contributed by atoms with Crippen LogP contribution in [-0.2, 0) is 6.42 Å². The van der Waals surface area contributed by atoms with E-state index in [4.69, 9.17) is 0 Å². The number of nitrogens with zero attached hydrogens (tertiary/aromatic N) is 3. The molecule has 1 N–H and O–H groups in total. The summed E-state index contributed by atoms with van der Waals surface area (Å²) in [6, 6.07) is 5.47. The van der Waals surface area contributed by atoms with Gasteiger partial charge < -0.3 is 5.32 Å². The Morgan fingerprint density at radius 1 is 1.20 bits per heavy atom. The highest BCUT2D eigenvalue weighted by molar-refractivity contribution is 5.94. The number of nitrogens with one attached hydrogen (secondary N) is 1. The second kappa shape index (κ2) is 6.37. The van der Waals surface area contributed by atoms with Crippen LogP contribution in [0.15, 0.2) is 43.0 Å². The summed E-state index contributed by atoms with van der Waals surface area (Å²) in [7, 11) is 0. The van der Waals surface area contributed by atoms with Crippen LogP contribution in [0.2, 0.25) is 0 Å². The first-order chi connectivity index (χ1) is 9.66. The first-order valence-electron chi connectivity index (χ1n) is 5.93. The lowest BCUT2D eigenvalue weighted by Crippen LogP contribution is -2.25. The lowest BCUT2D eigenvalue weighted by molar-refractivity contribution is -0.384. The van der Waals surface area contributed by atoms with Crippen molar-refractivity contribution in [3.8, 4) is 0 Å². The summed E-state index contributed by atoms with van der Waals surface area (Å²) in [5.41, 5.74) is 1.28. The Bertz CT molecular complexity index is 599. The zero-order valence-corrected chi connectivity index (χ0v) is 10.5. The third-order valence-electron chi connectivity index (χ3n) is 2.65. The van der Waals surface area contributed by atoms with E-state index in [1.54, 1.807) is 12.4 Å². The molecule has 0 spiro atoms. The van der Waals surface area contributed by atoms with E-state index in [2.05, 4.69) is 15.3 Å². The number of nitro groups is 1. The molecule has 0 aliphatic rings. The third-order valence-corrected chi connectivity index (χ3v) is 2.65. The van der Waals surface area contributed by atoms with Crippen molar-refractivity contribution in [2.45, 2.75) is 6.42 Å². The molecule has 7 nitrogen and oxygen atoms in total. The highest BCUT2D eigenvalue weighted by Gasteiger charge is 2.08. The monoisotopic (exact) mass is 272 g/mol. The molecule has 0 aliphatic carbocycles. The molecule has 0 aliphatic heterocycles. The normalized spacial score (nSPS) is 10.0. The summed E-state index contributed by atoms with van der Waals surface area (Å²) in [4.78, 5) is 29.6. The third kappa shape index (κ3) is 3.58. The molecular formula is C13H12N4O3. The van der Waals surface area contributed by atoms with Gasteiger partial charge in [0.1, 0.15) is 6.33 Å². The Balaban J connectivity index is 1.87. The van der Waals surface area contributed by atoms with Gasteiger partial charge in [0.15, 0.2) is 0 Å². The average molecular weight is 272 g/mol. The molecule has 0 unspecified atom stereocenters. The quantitative estimate of drug-likeness (QED) is 0.654. The molecule has 0 bridgehead atoms. The summed E-state index contributed by atoms with van der Waals surface area (Å²) < 4.78 is 0. The van der Waals surface area contributed by atoms with Crippen LogP contribution in [0.5, 0.6) is 0 Å². The van der Waals surface area contributed by atoms with Crippen LogP contribution < -0.4 is 5.32 Å². The maximum absolute atomic E-state index is 11.8. The van der Waals surface area contributed by atoms with Crippen molar-refractivity contribution >= 4 is 11.6 Å². The highest BCUT2D eigenvalue weighted by atomic mass is 16.6. The fraction of sp³-hybridized carbons (Fsp3) is 0.154. The van der Waals surface area contributed by atoms with Crippen LogP contribution in [0.4, 0.5) is 5.69 Å². The lowest BCUT2D eigenvalue weighted by Gasteiger charge is -2.04. The molecule has 0 saturated heterocycles. The Labute approximate surface area is 114 Å². The molecule has 0 radical (unpaired) electrons. The molecule has 0 saturated carbocycles. The van der Waals surface area contributed by atoms with Crippen LogP contribution in [0.1, 0.15) is 15.9 Å². The first kappa shape index (κ1) is 13.6. The minimum absolute atomic E-state index is 0.0389. The van der Waals surface area contributed by atoms with Gasteiger partial charge in [0, 0.05) is 36.6 Å². The second-order valence-electron chi connectivity index (χ2n) is 4.06. The molecule has 1 aromatic heterocycles. The minimum atomic E-state index is -0.503. The molecule has 1 heterocycles. The summed E-state index contributed by atoms with van der Waals surface area (Å²) in [6.45, 7) is 0.448. The van der Waals surface area contributed by atoms with E-state index >= 15 is 0 Å². The number of carbonyl (C=O) groups excluding carboxylic acids is 1. The van der Waals surface area contributed by atoms with Gasteiger partial charge in [-0.3, -0.25) is 14.9 Å². The van der Waals surface area contributed by atoms with Crippen molar-refractivity contribution in [3.63, 3.8) is 0 Å². The van der Waals surface area contributed by atoms with E-state index in [1.807, 2.05) is 0 Å². The van der Waals surface area contributed by atoms with Gasteiger partial charge in [-0.25, -0.2) is 9.97 Å². The van der Waals surface area contributed by atoms with Gasteiger partial charge in [-0.1, -0.05) is 0 Å². The zero-order valence-electron chi connectivity index (χ0n) is 10.5. The van der Waals surface area contributed by atoms with Gasteiger partial charge in [0.2, 0.25) is 0 Å². The molecule has 0 fully saturated rings. The topological polar surface area (TPSA) is 98.0 Å². The Morgan fingerprint density at radius 3 is 2.45 bits per heavy atom. The van der Waals surface area contributed by atoms with Gasteiger partial charge in [-0.15, -0.1) is 0 Å². The zero-order chi connectivity index (χ0) is 14.4. The number of aromatic nitrogens is 2. The molecular weight excluding hydrogens is 260 g/mol. The molecule has 0 atom stereocenters. The SMILES string of the molecule is O=C(NCCc1cncnc1)c1ccc([N+](=O)[O-])cc1. The smallest absolute Gasteiger partial charge is 0.269 e. The van der Waals surface area contributed by atoms with Crippen molar-refractivity contribution in [2.75, 3.05) is 6.54 Å². The Kier molecular flexibility index (Phi) is 4.33. The lowest BCUT2D eigenvalue weighted by atomic mass is 10.2. The van der Waals surface area contributed by atoms with Crippen molar-refractivity contribution in [2.24, 2.45) is 0 Å². The standard InChI is InChI=1S/C13H12N4O3/c18-13(11-1-3-12(4-2-11)17(19)20)16-6-5-10-7-14-9-15-8-10/h1-4,7-9H,5-6H2,(H,16,18). The molecule has 102 valence electrons. The van der Waals surface area contributed by atoms with E-state index in [0.29, 0.717) is 18.5 Å². The minimum Gasteiger partial charge on any atom is -0.352 e. The maximum Gasteiger partial charge on any atom is 0.269 e. The van der Waals surface area contributed by atoms with Crippen molar-refractivity contribution in [1.29, 1.82) is 0 Å². The number of hydrogen-bond donors (Lipinski definition) is 1. The van der Waals surface area contributed by atoms with Crippen LogP contribution in [0.3, 0.4) is 0 Å². The number of amides is 1. The number of carbonyl (C=O) groups is 1. The van der Waals surface area contributed by atoms with Gasteiger partial charge >= 0.3 is 0 Å². The van der Waals surface area contributed by atoms with E-state index in [1.165, 1.54) is 30.6 Å². The molecule has 2 rings (SSSR count). The van der Waals surface area contributed by atoms with E-state index in [-0.39, 0.29) is 11.6 Å². The van der Waals surface area contributed by atoms with Gasteiger partial charge in [-0.2, -0.15) is 0 Å². The first-order valence-corrected chi connectivity index (χ1v) is 5.93. The van der Waals surface area contributed by atoms with Gasteiger partial charge in [0.05, 0.1) is 4.92 Å². The Morgan fingerprint density at radius 2 is 1.85 bits per heavy atom. The second-order valence-corrected chi connectivity index (χ2v) is 4.06. The largest absolute Gasteiger partial charge is 0.352 e. The molecule has 20 heavy (non-hydrogen) atoms. The molecule has 2 aromatic rings. The number of benzene rings is 1. The van der Waals surface area contributed by atoms with Gasteiger partial charge in [0.25, 0.3) is 11.6 Å². The summed E-state index contributed by atoms with van der Waals surface area (Å²) in [5, 5.41) is 13.2. The Hall–Kier alpha value is -2.83. The predicted molar refractivity (Wildman–Crippen MR) is 71.2 cm³/mol. The van der Waals surface area contributed by atoms with Gasteiger partial charge in [-0.05, 0) is 24.1 Å². The van der Waals surface area contributed by atoms with Crippen molar-refractivity contribution < 1.29 is 9.72 Å². The average Bonchev–Trinajstić information content (AvgIpc) is 2.48. The van der Waals surface area contributed by atoms with Crippen molar-refractivity contribution in [1.82, 2.24) is 15.3 Å². The summed E-state index contributed by atoms with van der Waals surface area (Å²) in [6.07, 6.45) is 5.44. The van der Waals surface area contributed by atoms with Crippen LogP contribution >= 0.6 is 0 Å². The van der Waals surface area contributed by atoms with E-state index < -0.39 is 4.92 Å². The fourth-order valence-corrected chi connectivity index (χ4v) is 1.62. The fourth-order valence-electron chi connectivity index (χ4n) is 1.62. The molecule has 7 heteroatoms. The number of non-ortho nitro benzene ring substituents is 1. The maximum atomic E-state index is 11.8. The molecule has 1 amide bonds. The number of hydrogen-bond acceptors (Lipinski definition) is 5. The van der Waals surface area contributed by atoms with Crippen LogP contribution in [-0.4, -0.2) is 27.3 Å².